The highest BCUT2D eigenvalue weighted by Crippen LogP contribution is 2.29. The average Bonchev–Trinajstić information content (AvgIpc) is 2.84. The lowest BCUT2D eigenvalue weighted by Crippen LogP contribution is -2.51. The number of carboxylic acid groups (broad SMARTS) is 1. The van der Waals surface area contributed by atoms with Gasteiger partial charge in [-0.2, -0.15) is 0 Å². The zero-order chi connectivity index (χ0) is 15.5. The Morgan fingerprint density at radius 2 is 2.05 bits per heavy atom. The van der Waals surface area contributed by atoms with Crippen molar-refractivity contribution in [2.75, 3.05) is 13.2 Å². The summed E-state index contributed by atoms with van der Waals surface area (Å²) >= 11 is 0. The Bertz CT molecular complexity index is 531. The maximum Gasteiger partial charge on any atom is 0.329 e. The maximum absolute atomic E-state index is 12.7. The molecule has 1 unspecified atom stereocenters. The first-order chi connectivity index (χ1) is 9.93. The molecule has 0 spiro atoms. The average molecular weight is 295 g/mol. The van der Waals surface area contributed by atoms with E-state index in [1.165, 1.54) is 29.2 Å². The van der Waals surface area contributed by atoms with E-state index in [2.05, 4.69) is 0 Å². The van der Waals surface area contributed by atoms with Gasteiger partial charge in [0.15, 0.2) is 0 Å². The smallest absolute Gasteiger partial charge is 0.329 e. The van der Waals surface area contributed by atoms with Gasteiger partial charge in [-0.3, -0.25) is 4.79 Å². The molecular formula is C15H18FNO4. The molecule has 1 fully saturated rings. The topological polar surface area (TPSA) is 66.8 Å². The van der Waals surface area contributed by atoms with Gasteiger partial charge in [-0.25, -0.2) is 9.18 Å². The minimum absolute atomic E-state index is 0.0975. The summed E-state index contributed by atoms with van der Waals surface area (Å²) < 4.78 is 18.1. The van der Waals surface area contributed by atoms with Crippen LogP contribution < -0.4 is 4.74 Å². The van der Waals surface area contributed by atoms with E-state index in [1.807, 2.05) is 0 Å². The summed E-state index contributed by atoms with van der Waals surface area (Å²) in [5.41, 5.74) is -1.12. The molecule has 114 valence electrons. The standard InChI is InChI=1S/C15H18FNO4/c1-15(14(19)20)8-2-9-17(15)13(18)7-10-21-12-5-3-11(16)4-6-12/h3-6H,2,7-10H2,1H3,(H,19,20). The van der Waals surface area contributed by atoms with Gasteiger partial charge >= 0.3 is 5.97 Å². The van der Waals surface area contributed by atoms with Crippen LogP contribution >= 0.6 is 0 Å². The predicted octanol–water partition coefficient (Wildman–Crippen LogP) is 2.06. The molecule has 0 saturated carbocycles. The van der Waals surface area contributed by atoms with Crippen LogP contribution in [0.2, 0.25) is 0 Å². The fourth-order valence-electron chi connectivity index (χ4n) is 2.51. The number of nitrogens with zero attached hydrogens (tertiary/aromatic N) is 1. The molecule has 1 atom stereocenters. The van der Waals surface area contributed by atoms with Gasteiger partial charge in [-0.1, -0.05) is 0 Å². The molecule has 1 N–H and O–H groups in total. The number of carbonyl (C=O) groups is 2. The molecule has 21 heavy (non-hydrogen) atoms. The second kappa shape index (κ2) is 6.11. The first kappa shape index (κ1) is 15.3. The monoisotopic (exact) mass is 295 g/mol. The second-order valence-electron chi connectivity index (χ2n) is 5.28. The lowest BCUT2D eigenvalue weighted by molar-refractivity contribution is -0.155. The Morgan fingerprint density at radius 1 is 1.38 bits per heavy atom. The Kier molecular flexibility index (Phi) is 4.45. The van der Waals surface area contributed by atoms with Crippen molar-refractivity contribution >= 4 is 11.9 Å². The van der Waals surface area contributed by atoms with Crippen molar-refractivity contribution in [1.82, 2.24) is 4.90 Å². The lowest BCUT2D eigenvalue weighted by atomic mass is 9.99. The van der Waals surface area contributed by atoms with Crippen molar-refractivity contribution in [2.24, 2.45) is 0 Å². The van der Waals surface area contributed by atoms with Gasteiger partial charge < -0.3 is 14.7 Å². The fourth-order valence-corrected chi connectivity index (χ4v) is 2.51. The summed E-state index contributed by atoms with van der Waals surface area (Å²) in [5, 5.41) is 9.26. The fraction of sp³-hybridized carbons (Fsp3) is 0.467. The van der Waals surface area contributed by atoms with Crippen molar-refractivity contribution in [3.63, 3.8) is 0 Å². The number of aliphatic carboxylic acids is 1. The van der Waals surface area contributed by atoms with Gasteiger partial charge in [-0.05, 0) is 44.0 Å². The molecule has 6 heteroatoms. The van der Waals surface area contributed by atoms with E-state index in [4.69, 9.17) is 4.74 Å². The molecule has 1 aromatic rings. The molecule has 1 heterocycles. The Morgan fingerprint density at radius 3 is 2.67 bits per heavy atom. The van der Waals surface area contributed by atoms with Gasteiger partial charge in [0, 0.05) is 6.54 Å². The number of likely N-dealkylation sites (tertiary alicyclic amines) is 1. The van der Waals surface area contributed by atoms with Crippen molar-refractivity contribution in [3.8, 4) is 5.75 Å². The third-order valence-electron chi connectivity index (χ3n) is 3.80. The zero-order valence-electron chi connectivity index (χ0n) is 11.8. The number of hydrogen-bond donors (Lipinski definition) is 1. The van der Waals surface area contributed by atoms with Crippen LogP contribution in [0.3, 0.4) is 0 Å². The summed E-state index contributed by atoms with van der Waals surface area (Å²) in [4.78, 5) is 24.8. The van der Waals surface area contributed by atoms with E-state index in [1.54, 1.807) is 6.92 Å². The Labute approximate surface area is 122 Å². The second-order valence-corrected chi connectivity index (χ2v) is 5.28. The van der Waals surface area contributed by atoms with Crippen LogP contribution in [0, 0.1) is 5.82 Å². The summed E-state index contributed by atoms with van der Waals surface area (Å²) in [5.74, 6) is -1.09. The zero-order valence-corrected chi connectivity index (χ0v) is 11.8. The first-order valence-electron chi connectivity index (χ1n) is 6.86. The number of amides is 1. The first-order valence-corrected chi connectivity index (χ1v) is 6.86. The largest absolute Gasteiger partial charge is 0.493 e. The van der Waals surface area contributed by atoms with Crippen LogP contribution in [0.15, 0.2) is 24.3 Å². The highest BCUT2D eigenvalue weighted by Gasteiger charge is 2.45. The number of carboxylic acids is 1. The molecule has 1 amide bonds. The van der Waals surface area contributed by atoms with Crippen molar-refractivity contribution in [2.45, 2.75) is 31.7 Å². The Hall–Kier alpha value is -2.11. The van der Waals surface area contributed by atoms with Gasteiger partial charge in [0.25, 0.3) is 0 Å². The molecule has 5 nitrogen and oxygen atoms in total. The summed E-state index contributed by atoms with van der Waals surface area (Å²) in [6.07, 6.45) is 1.25. The number of halogens is 1. The normalized spacial score (nSPS) is 21.3. The van der Waals surface area contributed by atoms with Crippen LogP contribution in [0.1, 0.15) is 26.2 Å². The van der Waals surface area contributed by atoms with Crippen LogP contribution in [0.25, 0.3) is 0 Å². The van der Waals surface area contributed by atoms with Gasteiger partial charge in [0.1, 0.15) is 17.1 Å². The molecule has 1 aliphatic heterocycles. The third kappa shape index (κ3) is 3.32. The summed E-state index contributed by atoms with van der Waals surface area (Å²) in [6, 6.07) is 5.52. The van der Waals surface area contributed by atoms with Crippen LogP contribution in [-0.4, -0.2) is 40.6 Å². The number of carbonyl (C=O) groups excluding carboxylic acids is 1. The van der Waals surface area contributed by atoms with Gasteiger partial charge in [-0.15, -0.1) is 0 Å². The van der Waals surface area contributed by atoms with Crippen molar-refractivity contribution < 1.29 is 23.8 Å². The molecule has 0 aliphatic carbocycles. The highest BCUT2D eigenvalue weighted by atomic mass is 19.1. The quantitative estimate of drug-likeness (QED) is 0.903. The number of rotatable bonds is 5. The SMILES string of the molecule is CC1(C(=O)O)CCCN1C(=O)CCOc1ccc(F)cc1. The lowest BCUT2D eigenvalue weighted by Gasteiger charge is -2.31. The van der Waals surface area contributed by atoms with E-state index < -0.39 is 11.5 Å². The van der Waals surface area contributed by atoms with E-state index >= 15 is 0 Å². The van der Waals surface area contributed by atoms with Crippen LogP contribution in [-0.2, 0) is 9.59 Å². The highest BCUT2D eigenvalue weighted by molar-refractivity contribution is 5.87. The van der Waals surface area contributed by atoms with E-state index in [0.717, 1.165) is 0 Å². The van der Waals surface area contributed by atoms with Crippen LogP contribution in [0.5, 0.6) is 5.75 Å². The third-order valence-corrected chi connectivity index (χ3v) is 3.80. The van der Waals surface area contributed by atoms with Gasteiger partial charge in [0.2, 0.25) is 5.91 Å². The molecule has 0 bridgehead atoms. The summed E-state index contributed by atoms with van der Waals surface area (Å²) in [6.45, 7) is 2.16. The minimum atomic E-state index is -1.12. The van der Waals surface area contributed by atoms with Gasteiger partial charge in [0.05, 0.1) is 13.0 Å². The molecule has 0 aromatic heterocycles. The maximum atomic E-state index is 12.7. The molecule has 1 saturated heterocycles. The van der Waals surface area contributed by atoms with Crippen molar-refractivity contribution in [1.29, 1.82) is 0 Å². The Balaban J connectivity index is 1.87. The predicted molar refractivity (Wildman–Crippen MR) is 73.5 cm³/mol. The van der Waals surface area contributed by atoms with E-state index in [0.29, 0.717) is 25.1 Å². The van der Waals surface area contributed by atoms with E-state index in [9.17, 15) is 19.1 Å². The number of hydrogen-bond acceptors (Lipinski definition) is 3. The van der Waals surface area contributed by atoms with Crippen LogP contribution in [0.4, 0.5) is 4.39 Å². The molecule has 1 aromatic carbocycles. The number of benzene rings is 1. The molecule has 0 radical (unpaired) electrons. The van der Waals surface area contributed by atoms with Crippen molar-refractivity contribution in [3.05, 3.63) is 30.1 Å². The molecule has 1 aliphatic rings. The number of ether oxygens (including phenoxy) is 1. The summed E-state index contributed by atoms with van der Waals surface area (Å²) in [7, 11) is 0. The molecule has 2 rings (SSSR count). The van der Waals surface area contributed by atoms with E-state index in [-0.39, 0.29) is 24.8 Å². The minimum Gasteiger partial charge on any atom is -0.493 e. The molecular weight excluding hydrogens is 277 g/mol.